The van der Waals surface area contributed by atoms with Crippen LogP contribution in [0.25, 0.3) is 5.65 Å². The summed E-state index contributed by atoms with van der Waals surface area (Å²) in [6, 6.07) is 12.2. The van der Waals surface area contributed by atoms with Crippen LogP contribution in [0.3, 0.4) is 0 Å². The van der Waals surface area contributed by atoms with E-state index in [-0.39, 0.29) is 6.04 Å². The van der Waals surface area contributed by atoms with Crippen LogP contribution >= 0.6 is 0 Å². The van der Waals surface area contributed by atoms with E-state index in [4.69, 9.17) is 0 Å². The lowest BCUT2D eigenvalue weighted by molar-refractivity contribution is 0.553. The van der Waals surface area contributed by atoms with Gasteiger partial charge in [-0.3, -0.25) is 4.98 Å². The van der Waals surface area contributed by atoms with Crippen LogP contribution in [0.5, 0.6) is 0 Å². The molecule has 0 radical (unpaired) electrons. The zero-order valence-corrected chi connectivity index (χ0v) is 10.8. The zero-order chi connectivity index (χ0) is 13.1. The molecule has 0 amide bonds. The van der Waals surface area contributed by atoms with Gasteiger partial charge in [0, 0.05) is 25.0 Å². The third-order valence-electron chi connectivity index (χ3n) is 3.21. The summed E-state index contributed by atoms with van der Waals surface area (Å²) in [4.78, 5) is 8.73. The lowest BCUT2D eigenvalue weighted by Crippen LogP contribution is -2.19. The molecule has 3 aromatic rings. The highest BCUT2D eigenvalue weighted by Crippen LogP contribution is 2.11. The van der Waals surface area contributed by atoms with Crippen LogP contribution in [0.15, 0.2) is 55.0 Å². The fraction of sp³-hybridized carbons (Fsp3) is 0.200. The third kappa shape index (κ3) is 2.48. The fourth-order valence-electron chi connectivity index (χ4n) is 2.11. The molecule has 0 fully saturated rings. The maximum Gasteiger partial charge on any atom is 0.136 e. The normalized spacial score (nSPS) is 12.7. The molecule has 1 N–H and O–H groups in total. The molecule has 3 aromatic heterocycles. The van der Waals surface area contributed by atoms with Gasteiger partial charge in [0.15, 0.2) is 0 Å². The Labute approximate surface area is 112 Å². The molecular weight excluding hydrogens is 236 g/mol. The molecule has 3 heterocycles. The summed E-state index contributed by atoms with van der Waals surface area (Å²) >= 11 is 0. The summed E-state index contributed by atoms with van der Waals surface area (Å²) in [5.74, 6) is 0. The molecule has 0 aliphatic rings. The summed E-state index contributed by atoms with van der Waals surface area (Å²) < 4.78 is 2.10. The first-order chi connectivity index (χ1) is 9.34. The molecule has 4 nitrogen and oxygen atoms in total. The van der Waals surface area contributed by atoms with Crippen molar-refractivity contribution >= 4 is 5.65 Å². The van der Waals surface area contributed by atoms with Crippen molar-refractivity contribution in [1.82, 2.24) is 19.7 Å². The van der Waals surface area contributed by atoms with E-state index in [1.54, 1.807) is 0 Å². The van der Waals surface area contributed by atoms with Crippen molar-refractivity contribution in [2.75, 3.05) is 0 Å². The highest BCUT2D eigenvalue weighted by Gasteiger charge is 2.07. The van der Waals surface area contributed by atoms with E-state index in [1.807, 2.05) is 55.0 Å². The Morgan fingerprint density at radius 1 is 1.16 bits per heavy atom. The summed E-state index contributed by atoms with van der Waals surface area (Å²) in [5, 5.41) is 3.47. The second-order valence-corrected chi connectivity index (χ2v) is 4.54. The summed E-state index contributed by atoms with van der Waals surface area (Å²) in [6.45, 7) is 2.88. The van der Waals surface area contributed by atoms with E-state index in [0.717, 1.165) is 23.6 Å². The van der Waals surface area contributed by atoms with Gasteiger partial charge in [0.1, 0.15) is 5.65 Å². The first kappa shape index (κ1) is 11.9. The van der Waals surface area contributed by atoms with Crippen LogP contribution in [0.4, 0.5) is 0 Å². The Balaban J connectivity index is 1.73. The minimum atomic E-state index is 0.218. The van der Waals surface area contributed by atoms with Crippen LogP contribution in [0.1, 0.15) is 24.4 Å². The summed E-state index contributed by atoms with van der Waals surface area (Å²) in [7, 11) is 0. The van der Waals surface area contributed by atoms with E-state index in [0.29, 0.717) is 0 Å². The second kappa shape index (κ2) is 5.20. The second-order valence-electron chi connectivity index (χ2n) is 4.54. The van der Waals surface area contributed by atoms with Gasteiger partial charge in [-0.15, -0.1) is 0 Å². The molecule has 0 unspecified atom stereocenters. The SMILES string of the molecule is C[C@@H](NCc1cnc2ccccn12)c1ccccn1. The van der Waals surface area contributed by atoms with E-state index in [2.05, 4.69) is 26.6 Å². The van der Waals surface area contributed by atoms with Gasteiger partial charge in [0.05, 0.1) is 17.6 Å². The van der Waals surface area contributed by atoms with Gasteiger partial charge in [0.25, 0.3) is 0 Å². The standard InChI is InChI=1S/C15H16N4/c1-12(14-6-2-4-8-16-14)17-10-13-11-18-15-7-3-5-9-19(13)15/h2-9,11-12,17H,10H2,1H3/t12-/m1/s1. The molecule has 19 heavy (non-hydrogen) atoms. The fourth-order valence-corrected chi connectivity index (χ4v) is 2.11. The van der Waals surface area contributed by atoms with Gasteiger partial charge in [-0.1, -0.05) is 12.1 Å². The Bertz CT molecular complexity index is 660. The average Bonchev–Trinajstić information content (AvgIpc) is 2.89. The highest BCUT2D eigenvalue weighted by molar-refractivity contribution is 5.39. The Hall–Kier alpha value is -2.20. The van der Waals surface area contributed by atoms with Gasteiger partial charge in [-0.25, -0.2) is 4.98 Å². The smallest absolute Gasteiger partial charge is 0.136 e. The minimum absolute atomic E-state index is 0.218. The number of hydrogen-bond acceptors (Lipinski definition) is 3. The molecule has 3 rings (SSSR count). The Kier molecular flexibility index (Phi) is 3.25. The van der Waals surface area contributed by atoms with E-state index in [1.165, 1.54) is 0 Å². The van der Waals surface area contributed by atoms with Crippen LogP contribution in [-0.4, -0.2) is 14.4 Å². The number of fused-ring (bicyclic) bond motifs is 1. The molecule has 0 aromatic carbocycles. The number of pyridine rings is 2. The van der Waals surface area contributed by atoms with Gasteiger partial charge < -0.3 is 9.72 Å². The first-order valence-corrected chi connectivity index (χ1v) is 6.40. The highest BCUT2D eigenvalue weighted by atomic mass is 15.0. The van der Waals surface area contributed by atoms with Crippen molar-refractivity contribution in [3.8, 4) is 0 Å². The van der Waals surface area contributed by atoms with Gasteiger partial charge in [-0.05, 0) is 31.2 Å². The van der Waals surface area contributed by atoms with Crippen molar-refractivity contribution < 1.29 is 0 Å². The number of nitrogens with zero attached hydrogens (tertiary/aromatic N) is 3. The van der Waals surface area contributed by atoms with Crippen molar-refractivity contribution in [2.45, 2.75) is 19.5 Å². The van der Waals surface area contributed by atoms with Crippen molar-refractivity contribution in [2.24, 2.45) is 0 Å². The first-order valence-electron chi connectivity index (χ1n) is 6.40. The number of aromatic nitrogens is 3. The van der Waals surface area contributed by atoms with E-state index >= 15 is 0 Å². The maximum atomic E-state index is 4.38. The molecule has 0 saturated heterocycles. The van der Waals surface area contributed by atoms with Gasteiger partial charge in [-0.2, -0.15) is 0 Å². The molecule has 1 atom stereocenters. The van der Waals surface area contributed by atoms with Crippen molar-refractivity contribution in [3.05, 3.63) is 66.4 Å². The van der Waals surface area contributed by atoms with Crippen LogP contribution < -0.4 is 5.32 Å². The molecule has 0 spiro atoms. The minimum Gasteiger partial charge on any atom is -0.303 e. The predicted octanol–water partition coefficient (Wildman–Crippen LogP) is 2.58. The molecular formula is C15H16N4. The number of rotatable bonds is 4. The molecule has 0 saturated carbocycles. The summed E-state index contributed by atoms with van der Waals surface area (Å²) in [6.07, 6.45) is 5.76. The number of nitrogens with one attached hydrogen (secondary N) is 1. The Morgan fingerprint density at radius 2 is 2.05 bits per heavy atom. The topological polar surface area (TPSA) is 42.2 Å². The van der Waals surface area contributed by atoms with Crippen LogP contribution in [-0.2, 0) is 6.54 Å². The average molecular weight is 252 g/mol. The quantitative estimate of drug-likeness (QED) is 0.776. The predicted molar refractivity (Wildman–Crippen MR) is 74.7 cm³/mol. The zero-order valence-electron chi connectivity index (χ0n) is 10.8. The largest absolute Gasteiger partial charge is 0.303 e. The van der Waals surface area contributed by atoms with Gasteiger partial charge in [0.2, 0.25) is 0 Å². The Morgan fingerprint density at radius 3 is 2.89 bits per heavy atom. The molecule has 96 valence electrons. The lowest BCUT2D eigenvalue weighted by atomic mass is 10.2. The van der Waals surface area contributed by atoms with Crippen LogP contribution in [0.2, 0.25) is 0 Å². The van der Waals surface area contributed by atoms with E-state index in [9.17, 15) is 0 Å². The van der Waals surface area contributed by atoms with Crippen LogP contribution in [0, 0.1) is 0 Å². The number of imidazole rings is 1. The molecule has 4 heteroatoms. The van der Waals surface area contributed by atoms with Gasteiger partial charge >= 0.3 is 0 Å². The molecule has 0 aliphatic carbocycles. The summed E-state index contributed by atoms with van der Waals surface area (Å²) in [5.41, 5.74) is 3.18. The molecule has 0 aliphatic heterocycles. The maximum absolute atomic E-state index is 4.38. The van der Waals surface area contributed by atoms with Crippen molar-refractivity contribution in [1.29, 1.82) is 0 Å². The number of hydrogen-bond donors (Lipinski definition) is 1. The van der Waals surface area contributed by atoms with E-state index < -0.39 is 0 Å². The van der Waals surface area contributed by atoms with Crippen molar-refractivity contribution in [3.63, 3.8) is 0 Å². The third-order valence-corrected chi connectivity index (χ3v) is 3.21. The molecule has 0 bridgehead atoms. The lowest BCUT2D eigenvalue weighted by Gasteiger charge is -2.12. The monoisotopic (exact) mass is 252 g/mol.